The molecule has 2 aromatic rings. The van der Waals surface area contributed by atoms with Gasteiger partial charge in [0.2, 0.25) is 0 Å². The Morgan fingerprint density at radius 2 is 1.89 bits per heavy atom. The van der Waals surface area contributed by atoms with Gasteiger partial charge in [-0.1, -0.05) is 47.3 Å². The van der Waals surface area contributed by atoms with Crippen LogP contribution in [0.3, 0.4) is 0 Å². The number of rotatable bonds is 3. The van der Waals surface area contributed by atoms with Crippen LogP contribution in [0.4, 0.5) is 5.69 Å². The summed E-state index contributed by atoms with van der Waals surface area (Å²) in [7, 11) is 0. The minimum absolute atomic E-state index is 0.0409. The molecule has 2 aromatic carbocycles. The van der Waals surface area contributed by atoms with Gasteiger partial charge in [0.25, 0.3) is 0 Å². The van der Waals surface area contributed by atoms with E-state index in [4.69, 9.17) is 29.6 Å². The topological polar surface area (TPSA) is 12.0 Å². The van der Waals surface area contributed by atoms with Crippen molar-refractivity contribution in [1.29, 1.82) is 0 Å². The molecule has 0 saturated carbocycles. The van der Waals surface area contributed by atoms with Gasteiger partial charge in [-0.3, -0.25) is 0 Å². The van der Waals surface area contributed by atoms with Crippen LogP contribution in [0, 0.1) is 12.3 Å². The summed E-state index contributed by atoms with van der Waals surface area (Å²) < 4.78 is 0. The molecule has 0 fully saturated rings. The Hall–Kier alpha value is -1.62. The highest BCUT2D eigenvalue weighted by molar-refractivity contribution is 6.42. The van der Waals surface area contributed by atoms with E-state index in [1.807, 2.05) is 43.3 Å². The first kappa shape index (κ1) is 13.8. The Labute approximate surface area is 123 Å². The summed E-state index contributed by atoms with van der Waals surface area (Å²) in [6.45, 7) is 2.03. The van der Waals surface area contributed by atoms with E-state index in [9.17, 15) is 0 Å². The standard InChI is InChI=1S/C16H13Cl2N/c1-3-12-6-4-7-13(10-12)19-11(2)14-8-5-9-15(17)16(14)18/h1,4-11,19H,2H3. The zero-order valence-corrected chi connectivity index (χ0v) is 12.0. The molecule has 0 amide bonds. The number of benzene rings is 2. The summed E-state index contributed by atoms with van der Waals surface area (Å²) in [5, 5.41) is 4.50. The third kappa shape index (κ3) is 3.23. The molecule has 1 N–H and O–H groups in total. The fraction of sp³-hybridized carbons (Fsp3) is 0.125. The van der Waals surface area contributed by atoms with E-state index in [1.165, 1.54) is 0 Å². The first-order chi connectivity index (χ1) is 9.11. The molecule has 0 aliphatic carbocycles. The molecule has 0 aliphatic heterocycles. The smallest absolute Gasteiger partial charge is 0.0644 e. The number of hydrogen-bond donors (Lipinski definition) is 1. The average molecular weight is 290 g/mol. The van der Waals surface area contributed by atoms with E-state index < -0.39 is 0 Å². The van der Waals surface area contributed by atoms with Gasteiger partial charge in [0.05, 0.1) is 16.1 Å². The number of halogens is 2. The largest absolute Gasteiger partial charge is 0.378 e. The molecule has 0 bridgehead atoms. The van der Waals surface area contributed by atoms with Crippen molar-refractivity contribution >= 4 is 28.9 Å². The van der Waals surface area contributed by atoms with Gasteiger partial charge in [-0.05, 0) is 36.8 Å². The Morgan fingerprint density at radius 1 is 1.16 bits per heavy atom. The Morgan fingerprint density at radius 3 is 2.63 bits per heavy atom. The van der Waals surface area contributed by atoms with E-state index in [2.05, 4.69) is 11.2 Å². The van der Waals surface area contributed by atoms with E-state index in [1.54, 1.807) is 6.07 Å². The highest BCUT2D eigenvalue weighted by Crippen LogP contribution is 2.31. The van der Waals surface area contributed by atoms with Crippen molar-refractivity contribution in [3.8, 4) is 12.3 Å². The molecule has 3 heteroatoms. The summed E-state index contributed by atoms with van der Waals surface area (Å²) >= 11 is 12.2. The maximum absolute atomic E-state index is 6.21. The molecule has 0 saturated heterocycles. The van der Waals surface area contributed by atoms with Crippen LogP contribution < -0.4 is 5.32 Å². The lowest BCUT2D eigenvalue weighted by atomic mass is 10.1. The fourth-order valence-electron chi connectivity index (χ4n) is 1.88. The van der Waals surface area contributed by atoms with E-state index in [0.717, 1.165) is 16.8 Å². The van der Waals surface area contributed by atoms with Gasteiger partial charge in [-0.2, -0.15) is 0 Å². The SMILES string of the molecule is C#Cc1cccc(NC(C)c2cccc(Cl)c2Cl)c1. The van der Waals surface area contributed by atoms with Crippen molar-refractivity contribution in [2.24, 2.45) is 0 Å². The molecule has 96 valence electrons. The molecule has 2 rings (SSSR count). The van der Waals surface area contributed by atoms with E-state index in [-0.39, 0.29) is 6.04 Å². The minimum atomic E-state index is 0.0409. The first-order valence-corrected chi connectivity index (χ1v) is 6.64. The Bertz CT molecular complexity index is 629. The van der Waals surface area contributed by atoms with Crippen molar-refractivity contribution < 1.29 is 0 Å². The van der Waals surface area contributed by atoms with Crippen LogP contribution in [0.2, 0.25) is 10.0 Å². The van der Waals surface area contributed by atoms with Crippen molar-refractivity contribution in [2.45, 2.75) is 13.0 Å². The second kappa shape index (κ2) is 6.02. The molecule has 0 aromatic heterocycles. The minimum Gasteiger partial charge on any atom is -0.378 e. The summed E-state index contributed by atoms with van der Waals surface area (Å²) in [6.07, 6.45) is 5.39. The number of hydrogen-bond acceptors (Lipinski definition) is 1. The average Bonchev–Trinajstić information content (AvgIpc) is 2.42. The van der Waals surface area contributed by atoms with Crippen LogP contribution in [0.15, 0.2) is 42.5 Å². The summed E-state index contributed by atoms with van der Waals surface area (Å²) in [4.78, 5) is 0. The van der Waals surface area contributed by atoms with Crippen LogP contribution in [0.5, 0.6) is 0 Å². The number of anilines is 1. The first-order valence-electron chi connectivity index (χ1n) is 5.89. The van der Waals surface area contributed by atoms with Crippen LogP contribution >= 0.6 is 23.2 Å². The zero-order chi connectivity index (χ0) is 13.8. The van der Waals surface area contributed by atoms with E-state index in [0.29, 0.717) is 10.0 Å². The maximum Gasteiger partial charge on any atom is 0.0644 e. The third-order valence-electron chi connectivity index (χ3n) is 2.86. The second-order valence-corrected chi connectivity index (χ2v) is 5.02. The zero-order valence-electron chi connectivity index (χ0n) is 10.5. The number of terminal acetylenes is 1. The highest BCUT2D eigenvalue weighted by atomic mass is 35.5. The molecule has 1 nitrogen and oxygen atoms in total. The molecule has 19 heavy (non-hydrogen) atoms. The van der Waals surface area contributed by atoms with Gasteiger partial charge in [0.15, 0.2) is 0 Å². The molecule has 1 unspecified atom stereocenters. The maximum atomic E-state index is 6.21. The quantitative estimate of drug-likeness (QED) is 0.771. The Kier molecular flexibility index (Phi) is 4.37. The lowest BCUT2D eigenvalue weighted by molar-refractivity contribution is 0.885. The second-order valence-electron chi connectivity index (χ2n) is 4.23. The highest BCUT2D eigenvalue weighted by Gasteiger charge is 2.11. The van der Waals surface area contributed by atoms with Crippen molar-refractivity contribution in [3.63, 3.8) is 0 Å². The van der Waals surface area contributed by atoms with Gasteiger partial charge >= 0.3 is 0 Å². The van der Waals surface area contributed by atoms with Gasteiger partial charge in [0, 0.05) is 11.3 Å². The van der Waals surface area contributed by atoms with Crippen LogP contribution in [0.1, 0.15) is 24.1 Å². The van der Waals surface area contributed by atoms with Crippen LogP contribution in [0.25, 0.3) is 0 Å². The van der Waals surface area contributed by atoms with Crippen molar-refractivity contribution in [2.75, 3.05) is 5.32 Å². The van der Waals surface area contributed by atoms with Gasteiger partial charge < -0.3 is 5.32 Å². The molecular weight excluding hydrogens is 277 g/mol. The molecule has 0 spiro atoms. The lowest BCUT2D eigenvalue weighted by Gasteiger charge is -2.17. The van der Waals surface area contributed by atoms with Gasteiger partial charge in [0.1, 0.15) is 0 Å². The van der Waals surface area contributed by atoms with Gasteiger partial charge in [-0.25, -0.2) is 0 Å². The molecular formula is C16H13Cl2N. The normalized spacial score (nSPS) is 11.7. The van der Waals surface area contributed by atoms with Crippen molar-refractivity contribution in [3.05, 3.63) is 63.6 Å². The van der Waals surface area contributed by atoms with Gasteiger partial charge in [-0.15, -0.1) is 6.42 Å². The lowest BCUT2D eigenvalue weighted by Crippen LogP contribution is -2.07. The number of nitrogens with one attached hydrogen (secondary N) is 1. The summed E-state index contributed by atoms with van der Waals surface area (Å²) in [6, 6.07) is 13.4. The molecule has 0 radical (unpaired) electrons. The van der Waals surface area contributed by atoms with Crippen molar-refractivity contribution in [1.82, 2.24) is 0 Å². The molecule has 0 aliphatic rings. The third-order valence-corrected chi connectivity index (χ3v) is 3.69. The fourth-order valence-corrected chi connectivity index (χ4v) is 2.35. The molecule has 0 heterocycles. The predicted octanol–water partition coefficient (Wildman–Crippen LogP) is 5.15. The summed E-state index contributed by atoms with van der Waals surface area (Å²) in [5.74, 6) is 2.61. The van der Waals surface area contributed by atoms with E-state index >= 15 is 0 Å². The molecule has 1 atom stereocenters. The monoisotopic (exact) mass is 289 g/mol. The van der Waals surface area contributed by atoms with Crippen LogP contribution in [-0.4, -0.2) is 0 Å². The van der Waals surface area contributed by atoms with Crippen LogP contribution in [-0.2, 0) is 0 Å². The Balaban J connectivity index is 2.23. The summed E-state index contributed by atoms with van der Waals surface area (Å²) in [5.41, 5.74) is 2.76. The predicted molar refractivity (Wildman–Crippen MR) is 82.9 cm³/mol.